The molecule has 1 saturated heterocycles. The molecule has 0 saturated carbocycles. The van der Waals surface area contributed by atoms with E-state index in [9.17, 15) is 9.59 Å². The minimum atomic E-state index is -0.292. The summed E-state index contributed by atoms with van der Waals surface area (Å²) in [6.45, 7) is 1.21. The van der Waals surface area contributed by atoms with Crippen LogP contribution >= 0.6 is 11.8 Å². The predicted molar refractivity (Wildman–Crippen MR) is 91.8 cm³/mol. The van der Waals surface area contributed by atoms with E-state index in [-0.39, 0.29) is 24.2 Å². The average molecular weight is 329 g/mol. The van der Waals surface area contributed by atoms with Crippen molar-refractivity contribution >= 4 is 34.4 Å². The smallest absolute Gasteiger partial charge is 0.231 e. The molecule has 6 heteroatoms. The second-order valence-corrected chi connectivity index (χ2v) is 7.32. The number of amides is 2. The molecule has 3 aliphatic rings. The number of carbonyl (C=O) groups excluding carboxylic acids is 2. The van der Waals surface area contributed by atoms with Gasteiger partial charge in [0.15, 0.2) is 5.17 Å². The van der Waals surface area contributed by atoms with Crippen molar-refractivity contribution in [2.45, 2.75) is 25.7 Å². The van der Waals surface area contributed by atoms with E-state index in [0.717, 1.165) is 30.8 Å². The largest absolute Gasteiger partial charge is 0.312 e. The highest BCUT2D eigenvalue weighted by atomic mass is 32.2. The topological polar surface area (TPSA) is 61.8 Å². The minimum absolute atomic E-state index is 0.0316. The lowest BCUT2D eigenvalue weighted by molar-refractivity contribution is -0.125. The third kappa shape index (κ3) is 2.87. The minimum Gasteiger partial charge on any atom is -0.312 e. The highest BCUT2D eigenvalue weighted by Gasteiger charge is 2.36. The molecule has 1 N–H and O–H groups in total. The second kappa shape index (κ2) is 6.00. The van der Waals surface area contributed by atoms with Crippen LogP contribution in [0.15, 0.2) is 23.2 Å². The maximum Gasteiger partial charge on any atom is 0.231 e. The number of nitrogens with zero attached hydrogens (tertiary/aromatic N) is 2. The standard InChI is InChI=1S/C17H19N3O2S/c21-15-9-13(16(22)19-17-18-6-7-23-17)10-20(15)14-5-4-11-2-1-3-12(11)8-14/h4-5,8,13H,1-3,6-7,9-10H2,(H,18,19,22)/t13-/m0/s1. The summed E-state index contributed by atoms with van der Waals surface area (Å²) in [6.07, 6.45) is 3.69. The Morgan fingerprint density at radius 2 is 2.17 bits per heavy atom. The van der Waals surface area contributed by atoms with Gasteiger partial charge in [0, 0.05) is 24.4 Å². The number of anilines is 1. The van der Waals surface area contributed by atoms with Crippen LogP contribution in [0.5, 0.6) is 0 Å². The van der Waals surface area contributed by atoms with Crippen LogP contribution in [0.2, 0.25) is 0 Å². The van der Waals surface area contributed by atoms with Crippen LogP contribution in [0, 0.1) is 5.92 Å². The number of carbonyl (C=O) groups is 2. The summed E-state index contributed by atoms with van der Waals surface area (Å²) in [5.41, 5.74) is 3.67. The summed E-state index contributed by atoms with van der Waals surface area (Å²) < 4.78 is 0. The first-order valence-corrected chi connectivity index (χ1v) is 9.09. The van der Waals surface area contributed by atoms with Crippen LogP contribution in [0.3, 0.4) is 0 Å². The van der Waals surface area contributed by atoms with E-state index in [1.807, 2.05) is 6.07 Å². The summed E-state index contributed by atoms with van der Waals surface area (Å²) in [6, 6.07) is 6.26. The Labute approximate surface area is 139 Å². The highest BCUT2D eigenvalue weighted by molar-refractivity contribution is 8.14. The number of thioether (sulfide) groups is 1. The quantitative estimate of drug-likeness (QED) is 0.899. The lowest BCUT2D eigenvalue weighted by Crippen LogP contribution is -2.35. The maximum absolute atomic E-state index is 12.3. The maximum atomic E-state index is 12.3. The number of aryl methyl sites for hydroxylation is 2. The van der Waals surface area contributed by atoms with Crippen molar-refractivity contribution in [1.29, 1.82) is 0 Å². The molecule has 1 atom stereocenters. The van der Waals surface area contributed by atoms with E-state index in [0.29, 0.717) is 11.7 Å². The van der Waals surface area contributed by atoms with Gasteiger partial charge in [-0.15, -0.1) is 0 Å². The van der Waals surface area contributed by atoms with Crippen LogP contribution < -0.4 is 10.2 Å². The number of hydrogen-bond acceptors (Lipinski definition) is 4. The molecule has 0 bridgehead atoms. The molecule has 2 aliphatic heterocycles. The number of benzene rings is 1. The molecule has 0 spiro atoms. The first kappa shape index (κ1) is 14.8. The Bertz CT molecular complexity index is 701. The molecule has 0 radical (unpaired) electrons. The zero-order valence-corrected chi connectivity index (χ0v) is 13.7. The van der Waals surface area contributed by atoms with Gasteiger partial charge in [-0.3, -0.25) is 14.6 Å². The van der Waals surface area contributed by atoms with Gasteiger partial charge in [0.05, 0.1) is 12.5 Å². The summed E-state index contributed by atoms with van der Waals surface area (Å²) in [5, 5.41) is 3.54. The molecule has 0 aromatic heterocycles. The summed E-state index contributed by atoms with van der Waals surface area (Å²) >= 11 is 1.56. The Kier molecular flexibility index (Phi) is 3.85. The van der Waals surface area contributed by atoms with Crippen molar-refractivity contribution in [3.8, 4) is 0 Å². The molecule has 1 fully saturated rings. The number of aliphatic imine (C=N–C) groups is 1. The Hall–Kier alpha value is -1.82. The van der Waals surface area contributed by atoms with Gasteiger partial charge in [0.25, 0.3) is 0 Å². The third-order valence-corrected chi connectivity index (χ3v) is 5.60. The summed E-state index contributed by atoms with van der Waals surface area (Å²) in [5.74, 6) is 0.569. The van der Waals surface area contributed by atoms with Crippen molar-refractivity contribution in [3.05, 3.63) is 29.3 Å². The van der Waals surface area contributed by atoms with Gasteiger partial charge in [-0.25, -0.2) is 0 Å². The van der Waals surface area contributed by atoms with Crippen molar-refractivity contribution in [1.82, 2.24) is 5.32 Å². The molecule has 23 heavy (non-hydrogen) atoms. The second-order valence-electron chi connectivity index (χ2n) is 6.24. The van der Waals surface area contributed by atoms with Crippen LogP contribution in [0.25, 0.3) is 0 Å². The number of rotatable bonds is 2. The Morgan fingerprint density at radius 3 is 3.00 bits per heavy atom. The van der Waals surface area contributed by atoms with E-state index in [1.165, 1.54) is 17.5 Å². The highest BCUT2D eigenvalue weighted by Crippen LogP contribution is 2.30. The fraction of sp³-hybridized carbons (Fsp3) is 0.471. The number of amidine groups is 1. The van der Waals surface area contributed by atoms with Gasteiger partial charge < -0.3 is 10.2 Å². The number of nitrogens with one attached hydrogen (secondary N) is 1. The molecule has 2 heterocycles. The fourth-order valence-electron chi connectivity index (χ4n) is 3.48. The van der Waals surface area contributed by atoms with E-state index in [4.69, 9.17) is 0 Å². The van der Waals surface area contributed by atoms with Crippen LogP contribution in [-0.2, 0) is 22.4 Å². The molecular weight excluding hydrogens is 310 g/mol. The van der Waals surface area contributed by atoms with Gasteiger partial charge in [-0.2, -0.15) is 0 Å². The molecule has 2 amide bonds. The molecule has 0 unspecified atom stereocenters. The van der Waals surface area contributed by atoms with Gasteiger partial charge in [0.1, 0.15) is 0 Å². The van der Waals surface area contributed by atoms with Gasteiger partial charge in [-0.1, -0.05) is 17.8 Å². The molecule has 1 aliphatic carbocycles. The molecule has 120 valence electrons. The molecule has 5 nitrogen and oxygen atoms in total. The molecular formula is C17H19N3O2S. The zero-order chi connectivity index (χ0) is 15.8. The lowest BCUT2D eigenvalue weighted by atomic mass is 10.1. The van der Waals surface area contributed by atoms with Crippen LogP contribution in [0.1, 0.15) is 24.0 Å². The Morgan fingerprint density at radius 1 is 1.30 bits per heavy atom. The van der Waals surface area contributed by atoms with Crippen LogP contribution in [0.4, 0.5) is 5.69 Å². The lowest BCUT2D eigenvalue weighted by Gasteiger charge is -2.18. The molecule has 1 aromatic carbocycles. The predicted octanol–water partition coefficient (Wildman–Crippen LogP) is 1.75. The van der Waals surface area contributed by atoms with E-state index in [1.54, 1.807) is 16.7 Å². The fourth-order valence-corrected chi connectivity index (χ4v) is 4.21. The third-order valence-electron chi connectivity index (χ3n) is 4.71. The number of hydrogen-bond donors (Lipinski definition) is 1. The van der Waals surface area contributed by atoms with Crippen molar-refractivity contribution < 1.29 is 9.59 Å². The van der Waals surface area contributed by atoms with Gasteiger partial charge >= 0.3 is 0 Å². The van der Waals surface area contributed by atoms with E-state index < -0.39 is 0 Å². The Balaban J connectivity index is 1.46. The van der Waals surface area contributed by atoms with Crippen molar-refractivity contribution in [3.63, 3.8) is 0 Å². The van der Waals surface area contributed by atoms with Crippen molar-refractivity contribution in [2.75, 3.05) is 23.7 Å². The van der Waals surface area contributed by atoms with E-state index >= 15 is 0 Å². The van der Waals surface area contributed by atoms with Crippen molar-refractivity contribution in [2.24, 2.45) is 10.9 Å². The first-order valence-electron chi connectivity index (χ1n) is 8.11. The van der Waals surface area contributed by atoms with Crippen LogP contribution in [-0.4, -0.2) is 35.8 Å². The molecule has 4 rings (SSSR count). The van der Waals surface area contributed by atoms with Gasteiger partial charge in [0.2, 0.25) is 11.8 Å². The van der Waals surface area contributed by atoms with Gasteiger partial charge in [-0.05, 0) is 42.5 Å². The summed E-state index contributed by atoms with van der Waals surface area (Å²) in [4.78, 5) is 30.7. The zero-order valence-electron chi connectivity index (χ0n) is 12.9. The normalized spacial score (nSPS) is 23.1. The summed E-state index contributed by atoms with van der Waals surface area (Å²) in [7, 11) is 0. The van der Waals surface area contributed by atoms with E-state index in [2.05, 4.69) is 22.4 Å². The first-order chi connectivity index (χ1) is 11.2. The molecule has 1 aromatic rings. The SMILES string of the molecule is O=C(NC1=NCCS1)[C@H]1CC(=O)N(c2ccc3c(c2)CCC3)C1. The average Bonchev–Trinajstić information content (AvgIpc) is 3.26. The number of fused-ring (bicyclic) bond motifs is 1. The monoisotopic (exact) mass is 329 g/mol.